The lowest BCUT2D eigenvalue weighted by Gasteiger charge is -2.32. The Kier molecular flexibility index (Phi) is 10.5. The summed E-state index contributed by atoms with van der Waals surface area (Å²) in [6.07, 6.45) is 5.01. The number of carbonyl (C=O) groups excluding carboxylic acids is 2. The van der Waals surface area contributed by atoms with Crippen LogP contribution in [-0.4, -0.2) is 41.7 Å². The number of hydrogen-bond donors (Lipinski definition) is 1. The molecule has 4 rings (SSSR count). The summed E-state index contributed by atoms with van der Waals surface area (Å²) in [5, 5.41) is 3.94. The summed E-state index contributed by atoms with van der Waals surface area (Å²) in [7, 11) is 1.63. The summed E-state index contributed by atoms with van der Waals surface area (Å²) < 4.78 is 5.42. The molecule has 0 radical (unpaired) electrons. The maximum absolute atomic E-state index is 13.8. The van der Waals surface area contributed by atoms with Gasteiger partial charge in [0.15, 0.2) is 0 Å². The number of amides is 2. The van der Waals surface area contributed by atoms with Crippen LogP contribution in [0.25, 0.3) is 0 Å². The summed E-state index contributed by atoms with van der Waals surface area (Å²) in [4.78, 5) is 30.4. The highest BCUT2D eigenvalue weighted by atomic mass is 35.5. The minimum Gasteiger partial charge on any atom is -0.497 e. The highest BCUT2D eigenvalue weighted by molar-refractivity contribution is 7.99. The quantitative estimate of drug-likeness (QED) is 0.260. The molecule has 3 aromatic rings. The van der Waals surface area contributed by atoms with E-state index < -0.39 is 6.04 Å². The zero-order chi connectivity index (χ0) is 26.7. The van der Waals surface area contributed by atoms with Gasteiger partial charge in [0.2, 0.25) is 11.8 Å². The first-order valence-corrected chi connectivity index (χ1v) is 14.5. The second-order valence-electron chi connectivity index (χ2n) is 9.62. The second kappa shape index (κ2) is 14.3. The van der Waals surface area contributed by atoms with Gasteiger partial charge in [0, 0.05) is 41.1 Å². The average Bonchev–Trinajstić information content (AvgIpc) is 3.45. The third kappa shape index (κ3) is 8.27. The van der Waals surface area contributed by atoms with E-state index in [0.29, 0.717) is 30.2 Å². The van der Waals surface area contributed by atoms with Gasteiger partial charge in [-0.25, -0.2) is 0 Å². The van der Waals surface area contributed by atoms with Gasteiger partial charge in [-0.15, -0.1) is 11.8 Å². The van der Waals surface area contributed by atoms with Crippen molar-refractivity contribution in [2.24, 2.45) is 0 Å². The molecule has 5 nitrogen and oxygen atoms in total. The Morgan fingerprint density at radius 1 is 1.00 bits per heavy atom. The molecule has 0 bridgehead atoms. The van der Waals surface area contributed by atoms with E-state index in [1.165, 1.54) is 0 Å². The van der Waals surface area contributed by atoms with Gasteiger partial charge in [0.05, 0.1) is 7.11 Å². The molecule has 1 fully saturated rings. The summed E-state index contributed by atoms with van der Waals surface area (Å²) in [6.45, 7) is 0.331. The van der Waals surface area contributed by atoms with Crippen molar-refractivity contribution < 1.29 is 14.3 Å². The van der Waals surface area contributed by atoms with E-state index in [1.54, 1.807) is 23.8 Å². The molecule has 38 heavy (non-hydrogen) atoms. The first kappa shape index (κ1) is 28.1. The predicted octanol–water partition coefficient (Wildman–Crippen LogP) is 6.53. The van der Waals surface area contributed by atoms with Crippen molar-refractivity contribution >= 4 is 35.2 Å². The van der Waals surface area contributed by atoms with E-state index in [-0.39, 0.29) is 17.9 Å². The van der Waals surface area contributed by atoms with E-state index in [2.05, 4.69) is 5.32 Å². The molecule has 0 saturated heterocycles. The zero-order valence-electron chi connectivity index (χ0n) is 21.8. The number of carbonyl (C=O) groups is 2. The van der Waals surface area contributed by atoms with Crippen LogP contribution in [0.4, 0.5) is 0 Å². The molecule has 1 unspecified atom stereocenters. The standard InChI is InChI=1S/C31H35ClN2O3S/c1-37-27-13-7-10-24(20-27)22-34(30(35)18-19-38-28-16-14-25(32)15-17-28)29(21-23-8-3-2-4-9-23)31(36)33-26-11-5-6-12-26/h2-4,7-10,13-17,20,26,29H,5-6,11-12,18-19,21-22H2,1H3,(H,33,36). The first-order chi connectivity index (χ1) is 18.5. The fraction of sp³-hybridized carbons (Fsp3) is 0.355. The molecule has 7 heteroatoms. The fourth-order valence-electron chi connectivity index (χ4n) is 4.82. The number of rotatable bonds is 12. The van der Waals surface area contributed by atoms with E-state index in [0.717, 1.165) is 47.5 Å². The monoisotopic (exact) mass is 550 g/mol. The van der Waals surface area contributed by atoms with Crippen molar-refractivity contribution in [3.63, 3.8) is 0 Å². The molecular formula is C31H35ClN2O3S. The van der Waals surface area contributed by atoms with Crippen molar-refractivity contribution in [2.45, 2.75) is 62.0 Å². The molecule has 200 valence electrons. The van der Waals surface area contributed by atoms with Crippen LogP contribution in [0.2, 0.25) is 5.02 Å². The molecule has 1 atom stereocenters. The Balaban J connectivity index is 1.57. The van der Waals surface area contributed by atoms with Crippen LogP contribution < -0.4 is 10.1 Å². The Morgan fingerprint density at radius 3 is 2.42 bits per heavy atom. The lowest BCUT2D eigenvalue weighted by atomic mass is 10.0. The molecule has 2 amide bonds. The normalized spacial score (nSPS) is 14.2. The molecule has 3 aromatic carbocycles. The lowest BCUT2D eigenvalue weighted by molar-refractivity contribution is -0.141. The van der Waals surface area contributed by atoms with Gasteiger partial charge < -0.3 is 15.0 Å². The number of thioether (sulfide) groups is 1. The van der Waals surface area contributed by atoms with Gasteiger partial charge in [-0.1, -0.05) is 66.9 Å². The number of ether oxygens (including phenoxy) is 1. The largest absolute Gasteiger partial charge is 0.497 e. The molecule has 0 heterocycles. The van der Waals surface area contributed by atoms with Gasteiger partial charge in [0.25, 0.3) is 0 Å². The van der Waals surface area contributed by atoms with Crippen molar-refractivity contribution in [3.8, 4) is 5.75 Å². The maximum atomic E-state index is 13.8. The van der Waals surface area contributed by atoms with E-state index in [4.69, 9.17) is 16.3 Å². The Hall–Kier alpha value is -2.96. The van der Waals surface area contributed by atoms with E-state index in [1.807, 2.05) is 78.9 Å². The van der Waals surface area contributed by atoms with Gasteiger partial charge >= 0.3 is 0 Å². The van der Waals surface area contributed by atoms with Gasteiger partial charge in [-0.2, -0.15) is 0 Å². The molecule has 0 spiro atoms. The number of benzene rings is 3. The van der Waals surface area contributed by atoms with Crippen molar-refractivity contribution in [1.29, 1.82) is 0 Å². The Bertz CT molecular complexity index is 1180. The first-order valence-electron chi connectivity index (χ1n) is 13.2. The van der Waals surface area contributed by atoms with Crippen LogP contribution in [-0.2, 0) is 22.6 Å². The molecule has 0 aliphatic heterocycles. The van der Waals surface area contributed by atoms with Crippen molar-refractivity contribution in [3.05, 3.63) is 95.0 Å². The number of hydrogen-bond acceptors (Lipinski definition) is 4. The highest BCUT2D eigenvalue weighted by Gasteiger charge is 2.32. The molecule has 1 aliphatic carbocycles. The highest BCUT2D eigenvalue weighted by Crippen LogP contribution is 2.24. The van der Waals surface area contributed by atoms with Crippen LogP contribution in [0, 0.1) is 0 Å². The number of nitrogens with zero attached hydrogens (tertiary/aromatic N) is 1. The van der Waals surface area contributed by atoms with Crippen molar-refractivity contribution in [2.75, 3.05) is 12.9 Å². The maximum Gasteiger partial charge on any atom is 0.243 e. The zero-order valence-corrected chi connectivity index (χ0v) is 23.3. The summed E-state index contributed by atoms with van der Waals surface area (Å²) in [6, 6.07) is 24.8. The number of methoxy groups -OCH3 is 1. The third-order valence-corrected chi connectivity index (χ3v) is 8.12. The van der Waals surface area contributed by atoms with Gasteiger partial charge in [-0.3, -0.25) is 9.59 Å². The van der Waals surface area contributed by atoms with Crippen LogP contribution in [0.5, 0.6) is 5.75 Å². The summed E-state index contributed by atoms with van der Waals surface area (Å²) in [5.41, 5.74) is 1.95. The molecule has 1 saturated carbocycles. The molecule has 1 N–H and O–H groups in total. The smallest absolute Gasteiger partial charge is 0.243 e. The average molecular weight is 551 g/mol. The van der Waals surface area contributed by atoms with Crippen LogP contribution in [0.15, 0.2) is 83.8 Å². The third-order valence-electron chi connectivity index (χ3n) is 6.86. The summed E-state index contributed by atoms with van der Waals surface area (Å²) >= 11 is 7.62. The Morgan fingerprint density at radius 2 is 1.71 bits per heavy atom. The minimum atomic E-state index is -0.614. The van der Waals surface area contributed by atoms with Crippen LogP contribution >= 0.6 is 23.4 Å². The van der Waals surface area contributed by atoms with E-state index >= 15 is 0 Å². The van der Waals surface area contributed by atoms with Gasteiger partial charge in [0.1, 0.15) is 11.8 Å². The second-order valence-corrected chi connectivity index (χ2v) is 11.2. The lowest BCUT2D eigenvalue weighted by Crippen LogP contribution is -2.52. The van der Waals surface area contributed by atoms with E-state index in [9.17, 15) is 9.59 Å². The fourth-order valence-corrected chi connectivity index (χ4v) is 5.79. The topological polar surface area (TPSA) is 58.6 Å². The molecule has 1 aliphatic rings. The molecule has 0 aromatic heterocycles. The predicted molar refractivity (Wildman–Crippen MR) is 155 cm³/mol. The van der Waals surface area contributed by atoms with Crippen LogP contribution in [0.3, 0.4) is 0 Å². The Labute approximate surface area is 234 Å². The van der Waals surface area contributed by atoms with Crippen LogP contribution in [0.1, 0.15) is 43.2 Å². The van der Waals surface area contributed by atoms with Gasteiger partial charge in [-0.05, 0) is 60.4 Å². The number of nitrogens with one attached hydrogen (secondary N) is 1. The summed E-state index contributed by atoms with van der Waals surface area (Å²) in [5.74, 6) is 1.21. The molecular weight excluding hydrogens is 516 g/mol. The SMILES string of the molecule is COc1cccc(CN(C(=O)CCSc2ccc(Cl)cc2)C(Cc2ccccc2)C(=O)NC2CCCC2)c1. The van der Waals surface area contributed by atoms with Crippen molar-refractivity contribution in [1.82, 2.24) is 10.2 Å². The minimum absolute atomic E-state index is 0.0446. The number of halogens is 1.